The van der Waals surface area contributed by atoms with E-state index >= 15 is 0 Å². The lowest BCUT2D eigenvalue weighted by Gasteiger charge is -2.30. The quantitative estimate of drug-likeness (QED) is 0.761. The molecule has 1 aromatic rings. The van der Waals surface area contributed by atoms with Crippen LogP contribution in [0.4, 0.5) is 11.4 Å². The van der Waals surface area contributed by atoms with Gasteiger partial charge in [0.15, 0.2) is 0 Å². The van der Waals surface area contributed by atoms with Gasteiger partial charge in [0.2, 0.25) is 0 Å². The molecule has 2 heteroatoms. The molecule has 1 heterocycles. The lowest BCUT2D eigenvalue weighted by molar-refractivity contribution is 0.850. The first-order valence-corrected chi connectivity index (χ1v) is 4.97. The summed E-state index contributed by atoms with van der Waals surface area (Å²) in [7, 11) is 0. The average Bonchev–Trinajstić information content (AvgIpc) is 2.10. The van der Waals surface area contributed by atoms with Gasteiger partial charge in [0.25, 0.3) is 0 Å². The van der Waals surface area contributed by atoms with Crippen molar-refractivity contribution < 1.29 is 0 Å². The number of fused-ring (bicyclic) bond motifs is 1. The summed E-state index contributed by atoms with van der Waals surface area (Å²) in [6.07, 6.45) is 0. The van der Waals surface area contributed by atoms with E-state index < -0.39 is 0 Å². The number of nitrogens with zero attached hydrogens (tertiary/aromatic N) is 1. The Balaban J connectivity index is 2.34. The molecule has 0 spiro atoms. The Morgan fingerprint density at radius 1 is 1.31 bits per heavy atom. The Bertz CT molecular complexity index is 303. The maximum atomic E-state index is 3.31. The number of hydrogen-bond donors (Lipinski definition) is 1. The van der Waals surface area contributed by atoms with Gasteiger partial charge in [-0.05, 0) is 26.0 Å². The highest BCUT2D eigenvalue weighted by atomic mass is 15.1. The van der Waals surface area contributed by atoms with Crippen LogP contribution in [0, 0.1) is 0 Å². The van der Waals surface area contributed by atoms with Crippen LogP contribution in [0.3, 0.4) is 0 Å². The fraction of sp³-hybridized carbons (Fsp3) is 0.455. The van der Waals surface area contributed by atoms with E-state index in [1.54, 1.807) is 0 Å². The van der Waals surface area contributed by atoms with Crippen molar-refractivity contribution in [2.75, 3.05) is 23.3 Å². The van der Waals surface area contributed by atoms with Crippen molar-refractivity contribution in [1.82, 2.24) is 0 Å². The second-order valence-electron chi connectivity index (χ2n) is 3.33. The van der Waals surface area contributed by atoms with Gasteiger partial charge < -0.3 is 10.2 Å². The number of hydrogen-bond acceptors (Lipinski definition) is 2. The predicted molar refractivity (Wildman–Crippen MR) is 57.3 cm³/mol. The summed E-state index contributed by atoms with van der Waals surface area (Å²) < 4.78 is 0. The smallest absolute Gasteiger partial charge is 0.0442 e. The fourth-order valence-corrected chi connectivity index (χ4v) is 1.86. The van der Waals surface area contributed by atoms with Gasteiger partial charge >= 0.3 is 0 Å². The van der Waals surface area contributed by atoms with Crippen molar-refractivity contribution in [2.45, 2.75) is 20.4 Å². The van der Waals surface area contributed by atoms with Gasteiger partial charge in [-0.3, -0.25) is 0 Å². The van der Waals surface area contributed by atoms with Crippen LogP contribution >= 0.6 is 0 Å². The van der Waals surface area contributed by atoms with Crippen LogP contribution < -0.4 is 10.2 Å². The molecule has 0 atom stereocenters. The Morgan fingerprint density at radius 2 is 2.08 bits per heavy atom. The highest BCUT2D eigenvalue weighted by Gasteiger charge is 2.17. The molecule has 0 aliphatic carbocycles. The van der Waals surface area contributed by atoms with E-state index in [-0.39, 0.29) is 0 Å². The van der Waals surface area contributed by atoms with E-state index in [1.807, 2.05) is 0 Å². The molecule has 0 aromatic heterocycles. The largest absolute Gasteiger partial charge is 0.380 e. The van der Waals surface area contributed by atoms with E-state index in [2.05, 4.69) is 42.3 Å². The molecular weight excluding hydrogens is 160 g/mol. The zero-order valence-electron chi connectivity index (χ0n) is 8.30. The molecule has 2 nitrogen and oxygen atoms in total. The lowest BCUT2D eigenvalue weighted by Crippen LogP contribution is -2.26. The number of benzene rings is 1. The van der Waals surface area contributed by atoms with Gasteiger partial charge in [0.1, 0.15) is 0 Å². The third-order valence-electron chi connectivity index (χ3n) is 2.71. The van der Waals surface area contributed by atoms with Gasteiger partial charge in [-0.1, -0.05) is 6.07 Å². The van der Waals surface area contributed by atoms with E-state index in [9.17, 15) is 0 Å². The summed E-state index contributed by atoms with van der Waals surface area (Å²) in [6.45, 7) is 7.62. The molecule has 0 saturated heterocycles. The molecule has 0 fully saturated rings. The van der Waals surface area contributed by atoms with Crippen LogP contribution in [-0.2, 0) is 6.54 Å². The van der Waals surface area contributed by atoms with Crippen molar-refractivity contribution in [3.8, 4) is 0 Å². The van der Waals surface area contributed by atoms with Crippen molar-refractivity contribution in [3.63, 3.8) is 0 Å². The first-order chi connectivity index (χ1) is 6.36. The molecule has 0 bridgehead atoms. The van der Waals surface area contributed by atoms with Crippen LogP contribution in [-0.4, -0.2) is 13.1 Å². The summed E-state index contributed by atoms with van der Waals surface area (Å²) in [5.74, 6) is 0. The summed E-state index contributed by atoms with van der Waals surface area (Å²) in [5.41, 5.74) is 4.19. The predicted octanol–water partition coefficient (Wildman–Crippen LogP) is 2.46. The molecule has 1 aliphatic rings. The van der Waals surface area contributed by atoms with E-state index in [4.69, 9.17) is 0 Å². The highest BCUT2D eigenvalue weighted by Crippen LogP contribution is 2.34. The third kappa shape index (κ3) is 1.26. The van der Waals surface area contributed by atoms with E-state index in [0.717, 1.165) is 19.6 Å². The second-order valence-corrected chi connectivity index (χ2v) is 3.33. The number of rotatable bonds is 3. The molecule has 0 saturated carbocycles. The van der Waals surface area contributed by atoms with Crippen molar-refractivity contribution in [2.24, 2.45) is 0 Å². The Hall–Kier alpha value is -1.18. The van der Waals surface area contributed by atoms with Crippen LogP contribution in [0.15, 0.2) is 18.2 Å². The average molecular weight is 176 g/mol. The van der Waals surface area contributed by atoms with Crippen molar-refractivity contribution in [1.29, 1.82) is 0 Å². The zero-order chi connectivity index (χ0) is 9.26. The maximum absolute atomic E-state index is 3.31. The first-order valence-electron chi connectivity index (χ1n) is 4.97. The lowest BCUT2D eigenvalue weighted by atomic mass is 10.0. The number of nitrogens with one attached hydrogen (secondary N) is 1. The molecule has 1 N–H and O–H groups in total. The zero-order valence-corrected chi connectivity index (χ0v) is 8.30. The standard InChI is InChI=1S/C11H16N2/c1-3-13(4-2)11-7-5-6-10-9(11)8-12-10/h5-7,12H,3-4,8H2,1-2H3. The molecular formula is C11H16N2. The van der Waals surface area contributed by atoms with E-state index in [1.165, 1.54) is 16.9 Å². The minimum Gasteiger partial charge on any atom is -0.380 e. The Labute approximate surface area is 79.6 Å². The summed E-state index contributed by atoms with van der Waals surface area (Å²) >= 11 is 0. The van der Waals surface area contributed by atoms with Gasteiger partial charge in [0, 0.05) is 36.6 Å². The first kappa shape index (κ1) is 8.42. The van der Waals surface area contributed by atoms with Crippen molar-refractivity contribution >= 4 is 11.4 Å². The summed E-state index contributed by atoms with van der Waals surface area (Å²) in [6, 6.07) is 6.48. The Kier molecular flexibility index (Phi) is 2.13. The van der Waals surface area contributed by atoms with Crippen LogP contribution in [0.2, 0.25) is 0 Å². The second kappa shape index (κ2) is 3.29. The summed E-state index contributed by atoms with van der Waals surface area (Å²) in [5, 5.41) is 3.31. The third-order valence-corrected chi connectivity index (χ3v) is 2.71. The molecule has 0 radical (unpaired) electrons. The minimum atomic E-state index is 1.03. The fourth-order valence-electron chi connectivity index (χ4n) is 1.86. The van der Waals surface area contributed by atoms with Gasteiger partial charge in [0.05, 0.1) is 0 Å². The van der Waals surface area contributed by atoms with Gasteiger partial charge in [-0.15, -0.1) is 0 Å². The molecule has 0 amide bonds. The van der Waals surface area contributed by atoms with E-state index in [0.29, 0.717) is 0 Å². The van der Waals surface area contributed by atoms with Crippen LogP contribution in [0.5, 0.6) is 0 Å². The molecule has 1 aromatic carbocycles. The molecule has 0 unspecified atom stereocenters. The summed E-state index contributed by atoms with van der Waals surface area (Å²) in [4.78, 5) is 2.40. The minimum absolute atomic E-state index is 1.03. The topological polar surface area (TPSA) is 15.3 Å². The maximum Gasteiger partial charge on any atom is 0.0442 e. The van der Waals surface area contributed by atoms with Crippen LogP contribution in [0.1, 0.15) is 19.4 Å². The number of anilines is 2. The van der Waals surface area contributed by atoms with Gasteiger partial charge in [-0.25, -0.2) is 0 Å². The van der Waals surface area contributed by atoms with Crippen molar-refractivity contribution in [3.05, 3.63) is 23.8 Å². The molecule has 1 aliphatic heterocycles. The SMILES string of the molecule is CCN(CC)c1cccc2c1CN2. The highest BCUT2D eigenvalue weighted by molar-refractivity contribution is 5.72. The van der Waals surface area contributed by atoms with Crippen LogP contribution in [0.25, 0.3) is 0 Å². The molecule has 70 valence electrons. The molecule has 2 rings (SSSR count). The van der Waals surface area contributed by atoms with Gasteiger partial charge in [-0.2, -0.15) is 0 Å². The normalized spacial score (nSPS) is 12.8. The Morgan fingerprint density at radius 3 is 2.62 bits per heavy atom. The molecule has 13 heavy (non-hydrogen) atoms. The monoisotopic (exact) mass is 176 g/mol.